The van der Waals surface area contributed by atoms with Gasteiger partial charge in [-0.15, -0.1) is 0 Å². The van der Waals surface area contributed by atoms with Crippen molar-refractivity contribution in [2.45, 2.75) is 25.6 Å². The Morgan fingerprint density at radius 1 is 0.905 bits per heavy atom. The molecule has 6 aromatic rings. The average molecular weight is 623 g/mol. The second-order valence-corrected chi connectivity index (χ2v) is 11.0. The first-order chi connectivity index (χ1) is 20.4. The molecule has 9 nitrogen and oxygen atoms in total. The Morgan fingerprint density at radius 3 is 2.43 bits per heavy atom. The molecule has 6 N–H and O–H groups in total. The van der Waals surface area contributed by atoms with Crippen molar-refractivity contribution in [2.75, 3.05) is 0 Å². The molecule has 2 amide bonds. The molecule has 0 radical (unpaired) electrons. The maximum atomic E-state index is 13.5. The number of aromatic amines is 2. The van der Waals surface area contributed by atoms with Crippen LogP contribution in [0.1, 0.15) is 27.2 Å². The second kappa shape index (κ2) is 12.0. The summed E-state index contributed by atoms with van der Waals surface area (Å²) in [5, 5.41) is 7.74. The van der Waals surface area contributed by atoms with Crippen LogP contribution in [0.5, 0.6) is 0 Å². The fourth-order valence-electron chi connectivity index (χ4n) is 4.90. The van der Waals surface area contributed by atoms with E-state index in [0.29, 0.717) is 25.1 Å². The summed E-state index contributed by atoms with van der Waals surface area (Å²) in [6.45, 7) is 0.713. The van der Waals surface area contributed by atoms with Gasteiger partial charge in [0.1, 0.15) is 0 Å². The molecular weight excluding hydrogens is 594 g/mol. The first-order valence-corrected chi connectivity index (χ1v) is 14.3. The Balaban J connectivity index is 1.13. The Morgan fingerprint density at radius 2 is 1.67 bits per heavy atom. The summed E-state index contributed by atoms with van der Waals surface area (Å²) in [5.41, 5.74) is 12.6. The molecule has 3 heterocycles. The number of fused-ring (bicyclic) bond motifs is 2. The molecule has 0 saturated heterocycles. The fourth-order valence-corrected chi connectivity index (χ4v) is 5.27. The van der Waals surface area contributed by atoms with Crippen molar-refractivity contribution in [3.63, 3.8) is 0 Å². The van der Waals surface area contributed by atoms with E-state index in [1.165, 1.54) is 0 Å². The number of carbonyl (C=O) groups is 2. The number of nitrogens with one attached hydrogen (secondary N) is 4. The zero-order valence-electron chi connectivity index (χ0n) is 22.5. The number of carbonyl (C=O) groups excluding carboxylic acids is 2. The van der Waals surface area contributed by atoms with Crippen LogP contribution in [0.25, 0.3) is 33.1 Å². The van der Waals surface area contributed by atoms with Crippen molar-refractivity contribution in [2.24, 2.45) is 5.73 Å². The molecule has 0 bridgehead atoms. The molecule has 3 aromatic heterocycles. The summed E-state index contributed by atoms with van der Waals surface area (Å²) in [6.07, 6.45) is 5.53. The highest BCUT2D eigenvalue weighted by molar-refractivity contribution is 9.10. The molecular formula is C32H28BrN7O2. The molecule has 0 aliphatic rings. The van der Waals surface area contributed by atoms with Gasteiger partial charge in [-0.05, 0) is 41.5 Å². The molecule has 3 aromatic carbocycles. The third-order valence-electron chi connectivity index (χ3n) is 7.15. The number of imidazole rings is 1. The molecule has 0 aliphatic carbocycles. The van der Waals surface area contributed by atoms with Crippen molar-refractivity contribution in [3.05, 3.63) is 118 Å². The zero-order chi connectivity index (χ0) is 29.1. The van der Waals surface area contributed by atoms with Gasteiger partial charge in [0.15, 0.2) is 0 Å². The minimum atomic E-state index is -0.664. The summed E-state index contributed by atoms with van der Waals surface area (Å²) in [6, 6.07) is 22.6. The summed E-state index contributed by atoms with van der Waals surface area (Å²) >= 11 is 3.55. The monoisotopic (exact) mass is 621 g/mol. The molecule has 0 spiro atoms. The van der Waals surface area contributed by atoms with Gasteiger partial charge in [-0.2, -0.15) is 0 Å². The summed E-state index contributed by atoms with van der Waals surface area (Å²) in [5.74, 6) is -0.413. The molecule has 0 fully saturated rings. The van der Waals surface area contributed by atoms with Gasteiger partial charge in [-0.3, -0.25) is 9.59 Å². The molecule has 1 atom stereocenters. The number of amides is 2. The largest absolute Gasteiger partial charge is 0.360 e. The minimum absolute atomic E-state index is 0.182. The van der Waals surface area contributed by atoms with Gasteiger partial charge in [0.2, 0.25) is 5.91 Å². The highest BCUT2D eigenvalue weighted by Crippen LogP contribution is 2.32. The lowest BCUT2D eigenvalue weighted by molar-refractivity contribution is -0.122. The number of benzene rings is 3. The van der Waals surface area contributed by atoms with Gasteiger partial charge in [0, 0.05) is 63.9 Å². The number of hydrogen-bond donors (Lipinski definition) is 5. The smallest absolute Gasteiger partial charge is 0.252 e. The van der Waals surface area contributed by atoms with E-state index in [4.69, 9.17) is 10.7 Å². The Kier molecular flexibility index (Phi) is 7.81. The van der Waals surface area contributed by atoms with Gasteiger partial charge in [0.25, 0.3) is 5.91 Å². The SMILES string of the molecule is N[C@H](Cc1cnc[nH]1)C(=O)NCc1ccc(CNC(=O)c2cc(-c3c[nH]c4ccc(Br)cc34)nc3ccccc23)cc1. The van der Waals surface area contributed by atoms with Gasteiger partial charge in [-0.25, -0.2) is 9.97 Å². The number of H-pyrrole nitrogens is 2. The van der Waals surface area contributed by atoms with Crippen LogP contribution in [0.3, 0.4) is 0 Å². The lowest BCUT2D eigenvalue weighted by atomic mass is 10.0. The molecule has 0 aliphatic heterocycles. The third-order valence-corrected chi connectivity index (χ3v) is 7.65. The average Bonchev–Trinajstić information content (AvgIpc) is 3.68. The van der Waals surface area contributed by atoms with E-state index < -0.39 is 6.04 Å². The van der Waals surface area contributed by atoms with Crippen molar-refractivity contribution in [3.8, 4) is 11.3 Å². The number of rotatable bonds is 9. The maximum Gasteiger partial charge on any atom is 0.252 e. The van der Waals surface area contributed by atoms with E-state index in [-0.39, 0.29) is 11.8 Å². The van der Waals surface area contributed by atoms with Crippen LogP contribution in [-0.2, 0) is 24.3 Å². The van der Waals surface area contributed by atoms with Crippen molar-refractivity contribution >= 4 is 49.6 Å². The van der Waals surface area contributed by atoms with Crippen LogP contribution in [0.15, 0.2) is 96.0 Å². The lowest BCUT2D eigenvalue weighted by Gasteiger charge is -2.12. The minimum Gasteiger partial charge on any atom is -0.360 e. The Labute approximate surface area is 250 Å². The van der Waals surface area contributed by atoms with E-state index in [1.807, 2.05) is 79.0 Å². The third kappa shape index (κ3) is 5.95. The predicted molar refractivity (Wildman–Crippen MR) is 166 cm³/mol. The summed E-state index contributed by atoms with van der Waals surface area (Å²) in [4.78, 5) is 40.9. The van der Waals surface area contributed by atoms with Crippen LogP contribution in [0.2, 0.25) is 0 Å². The molecule has 6 rings (SSSR count). The number of nitrogens with two attached hydrogens (primary N) is 1. The van der Waals surface area contributed by atoms with E-state index in [0.717, 1.165) is 54.4 Å². The van der Waals surface area contributed by atoms with Crippen LogP contribution in [-0.4, -0.2) is 37.8 Å². The van der Waals surface area contributed by atoms with Crippen LogP contribution >= 0.6 is 15.9 Å². The summed E-state index contributed by atoms with van der Waals surface area (Å²) < 4.78 is 0.969. The number of aromatic nitrogens is 4. The number of pyridine rings is 1. The molecule has 42 heavy (non-hydrogen) atoms. The van der Waals surface area contributed by atoms with E-state index in [9.17, 15) is 9.59 Å². The van der Waals surface area contributed by atoms with E-state index >= 15 is 0 Å². The van der Waals surface area contributed by atoms with Gasteiger partial charge < -0.3 is 26.3 Å². The molecule has 210 valence electrons. The molecule has 0 saturated carbocycles. The summed E-state index contributed by atoms with van der Waals surface area (Å²) in [7, 11) is 0. The van der Waals surface area contributed by atoms with Gasteiger partial charge in [-0.1, -0.05) is 58.4 Å². The first-order valence-electron chi connectivity index (χ1n) is 13.5. The highest BCUT2D eigenvalue weighted by atomic mass is 79.9. The van der Waals surface area contributed by atoms with Crippen LogP contribution in [0.4, 0.5) is 0 Å². The quantitative estimate of drug-likeness (QED) is 0.155. The predicted octanol–water partition coefficient (Wildman–Crippen LogP) is 4.98. The topological polar surface area (TPSA) is 142 Å². The van der Waals surface area contributed by atoms with E-state index in [2.05, 4.69) is 41.5 Å². The number of halogens is 1. The normalized spacial score (nSPS) is 12.0. The van der Waals surface area contributed by atoms with E-state index in [1.54, 1.807) is 12.5 Å². The van der Waals surface area contributed by atoms with Crippen LogP contribution in [0, 0.1) is 0 Å². The first kappa shape index (κ1) is 27.4. The number of nitrogens with zero attached hydrogens (tertiary/aromatic N) is 2. The zero-order valence-corrected chi connectivity index (χ0v) is 24.1. The number of hydrogen-bond acceptors (Lipinski definition) is 5. The Bertz CT molecular complexity index is 1880. The fraction of sp³-hybridized carbons (Fsp3) is 0.125. The standard InChI is InChI=1S/C32H28BrN7O2/c33-21-9-10-28-24(11-21)26(17-36-28)30-13-25(23-3-1-2-4-29(23)40-30)31(41)37-14-19-5-7-20(8-6-19)15-38-32(42)27(34)12-22-16-35-18-39-22/h1-11,13,16-18,27,36H,12,14-15,34H2,(H,35,39)(H,37,41)(H,38,42)/t27-/m1/s1. The Hall–Kier alpha value is -4.80. The molecule has 0 unspecified atom stereocenters. The second-order valence-electron chi connectivity index (χ2n) is 10.1. The lowest BCUT2D eigenvalue weighted by Crippen LogP contribution is -2.41. The van der Waals surface area contributed by atoms with Crippen molar-refractivity contribution in [1.82, 2.24) is 30.6 Å². The highest BCUT2D eigenvalue weighted by Gasteiger charge is 2.17. The van der Waals surface area contributed by atoms with Gasteiger partial charge in [0.05, 0.1) is 29.1 Å². The van der Waals surface area contributed by atoms with Gasteiger partial charge >= 0.3 is 0 Å². The van der Waals surface area contributed by atoms with Crippen LogP contribution < -0.4 is 16.4 Å². The molecule has 10 heteroatoms. The maximum absolute atomic E-state index is 13.5. The van der Waals surface area contributed by atoms with Crippen molar-refractivity contribution in [1.29, 1.82) is 0 Å². The number of para-hydroxylation sites is 1. The van der Waals surface area contributed by atoms with Crippen molar-refractivity contribution < 1.29 is 9.59 Å².